The number of carbonyl (C=O) groups is 1. The average molecular weight is 363 g/mol. The number of nitrogens with zero attached hydrogens (tertiary/aromatic N) is 3. The van der Waals surface area contributed by atoms with Gasteiger partial charge in [-0.3, -0.25) is 4.79 Å². The van der Waals surface area contributed by atoms with Crippen molar-refractivity contribution >= 4 is 17.5 Å². The van der Waals surface area contributed by atoms with Crippen molar-refractivity contribution in [2.45, 2.75) is 45.1 Å². The fourth-order valence-electron chi connectivity index (χ4n) is 2.96. The molecule has 1 saturated heterocycles. The van der Waals surface area contributed by atoms with E-state index in [1.807, 2.05) is 11.8 Å². The molecule has 0 bridgehead atoms. The molecular weight excluding hydrogens is 338 g/mol. The zero-order valence-electron chi connectivity index (χ0n) is 15.4. The molecular formula is C18H25N3O5. The lowest BCUT2D eigenvalue weighted by molar-refractivity contribution is -0.388. The van der Waals surface area contributed by atoms with E-state index in [-0.39, 0.29) is 17.6 Å². The quantitative estimate of drug-likeness (QED) is 0.451. The Balaban J connectivity index is 2.51. The highest BCUT2D eigenvalue weighted by atomic mass is 16.6. The lowest BCUT2D eigenvalue weighted by atomic mass is 9.89. The lowest BCUT2D eigenvalue weighted by Gasteiger charge is -2.35. The molecule has 0 aromatic carbocycles. The van der Waals surface area contributed by atoms with E-state index in [4.69, 9.17) is 4.74 Å². The second-order valence-corrected chi connectivity index (χ2v) is 7.16. The summed E-state index contributed by atoms with van der Waals surface area (Å²) in [5, 5.41) is 21.0. The molecule has 0 saturated carbocycles. The SMILES string of the molecule is C=C(C)CN(c1ccc(C(C)(C)C(=O)O)nc1[N+](=O)[O-])C1CCOCC1. The monoisotopic (exact) mass is 363 g/mol. The second-order valence-electron chi connectivity index (χ2n) is 7.16. The minimum atomic E-state index is -1.32. The number of anilines is 1. The van der Waals surface area contributed by atoms with Crippen LogP contribution in [0.4, 0.5) is 11.5 Å². The van der Waals surface area contributed by atoms with Crippen LogP contribution in [0.5, 0.6) is 0 Å². The van der Waals surface area contributed by atoms with Crippen molar-refractivity contribution < 1.29 is 19.6 Å². The molecule has 1 fully saturated rings. The smallest absolute Gasteiger partial charge is 0.387 e. The van der Waals surface area contributed by atoms with Gasteiger partial charge in [-0.1, -0.05) is 12.2 Å². The Bertz CT molecular complexity index is 711. The molecule has 2 rings (SSSR count). The molecule has 0 amide bonds. The number of carboxylic acid groups (broad SMARTS) is 1. The van der Waals surface area contributed by atoms with Gasteiger partial charge in [0.05, 0.1) is 0 Å². The highest BCUT2D eigenvalue weighted by Crippen LogP contribution is 2.34. The van der Waals surface area contributed by atoms with Gasteiger partial charge in [0.15, 0.2) is 5.69 Å². The summed E-state index contributed by atoms with van der Waals surface area (Å²) in [7, 11) is 0. The molecule has 0 atom stereocenters. The summed E-state index contributed by atoms with van der Waals surface area (Å²) in [6.45, 7) is 10.4. The first-order valence-corrected chi connectivity index (χ1v) is 8.52. The maximum absolute atomic E-state index is 11.7. The molecule has 1 aliphatic rings. The van der Waals surface area contributed by atoms with Gasteiger partial charge in [0, 0.05) is 25.8 Å². The van der Waals surface area contributed by atoms with Crippen LogP contribution in [-0.2, 0) is 14.9 Å². The summed E-state index contributed by atoms with van der Waals surface area (Å²) in [6.07, 6.45) is 1.51. The van der Waals surface area contributed by atoms with Gasteiger partial charge in [-0.05, 0) is 55.7 Å². The van der Waals surface area contributed by atoms with E-state index in [0.29, 0.717) is 25.4 Å². The van der Waals surface area contributed by atoms with Crippen LogP contribution in [0.25, 0.3) is 0 Å². The molecule has 0 spiro atoms. The fourth-order valence-corrected chi connectivity index (χ4v) is 2.96. The van der Waals surface area contributed by atoms with E-state index >= 15 is 0 Å². The van der Waals surface area contributed by atoms with Gasteiger partial charge in [0.25, 0.3) is 0 Å². The Hall–Kier alpha value is -2.48. The van der Waals surface area contributed by atoms with Gasteiger partial charge in [0.1, 0.15) is 11.1 Å². The Labute approximate surface area is 152 Å². The van der Waals surface area contributed by atoms with Crippen molar-refractivity contribution in [3.8, 4) is 0 Å². The molecule has 0 unspecified atom stereocenters. The van der Waals surface area contributed by atoms with E-state index in [1.54, 1.807) is 12.1 Å². The first-order chi connectivity index (χ1) is 12.1. The minimum Gasteiger partial charge on any atom is -0.480 e. The van der Waals surface area contributed by atoms with Crippen molar-refractivity contribution in [1.29, 1.82) is 0 Å². The topological polar surface area (TPSA) is 106 Å². The van der Waals surface area contributed by atoms with Crippen molar-refractivity contribution in [3.05, 3.63) is 40.1 Å². The van der Waals surface area contributed by atoms with E-state index in [0.717, 1.165) is 18.4 Å². The molecule has 8 heteroatoms. The van der Waals surface area contributed by atoms with Crippen molar-refractivity contribution in [3.63, 3.8) is 0 Å². The van der Waals surface area contributed by atoms with Gasteiger partial charge in [-0.2, -0.15) is 0 Å². The molecule has 0 radical (unpaired) electrons. The number of nitro groups is 1. The largest absolute Gasteiger partial charge is 0.480 e. The van der Waals surface area contributed by atoms with Crippen LogP contribution in [0.2, 0.25) is 0 Å². The van der Waals surface area contributed by atoms with Crippen molar-refractivity contribution in [1.82, 2.24) is 4.98 Å². The lowest BCUT2D eigenvalue weighted by Crippen LogP contribution is -2.41. The Morgan fingerprint density at radius 2 is 2.08 bits per heavy atom. The van der Waals surface area contributed by atoms with E-state index in [2.05, 4.69) is 11.6 Å². The van der Waals surface area contributed by atoms with Crippen LogP contribution < -0.4 is 4.90 Å². The van der Waals surface area contributed by atoms with Gasteiger partial charge in [0.2, 0.25) is 0 Å². The van der Waals surface area contributed by atoms with Gasteiger partial charge in [-0.15, -0.1) is 0 Å². The first kappa shape index (κ1) is 19.8. The molecule has 8 nitrogen and oxygen atoms in total. The highest BCUT2D eigenvalue weighted by molar-refractivity contribution is 5.80. The molecule has 0 aliphatic carbocycles. The van der Waals surface area contributed by atoms with Crippen LogP contribution in [0.15, 0.2) is 24.3 Å². The van der Waals surface area contributed by atoms with E-state index in [9.17, 15) is 20.0 Å². The summed E-state index contributed by atoms with van der Waals surface area (Å²) in [4.78, 5) is 28.6. The average Bonchev–Trinajstić information content (AvgIpc) is 2.59. The van der Waals surface area contributed by atoms with Gasteiger partial charge < -0.3 is 24.9 Å². The number of hydrogen-bond donors (Lipinski definition) is 1. The summed E-state index contributed by atoms with van der Waals surface area (Å²) in [6, 6.07) is 3.24. The van der Waals surface area contributed by atoms with Crippen molar-refractivity contribution in [2.24, 2.45) is 0 Å². The molecule has 1 aromatic rings. The number of hydrogen-bond acceptors (Lipinski definition) is 6. The van der Waals surface area contributed by atoms with Crippen LogP contribution in [0.3, 0.4) is 0 Å². The van der Waals surface area contributed by atoms with Crippen molar-refractivity contribution in [2.75, 3.05) is 24.7 Å². The van der Waals surface area contributed by atoms with Crippen LogP contribution in [0, 0.1) is 10.1 Å². The molecule has 1 aromatic heterocycles. The fraction of sp³-hybridized carbons (Fsp3) is 0.556. The molecule has 26 heavy (non-hydrogen) atoms. The van der Waals surface area contributed by atoms with Crippen LogP contribution in [-0.4, -0.2) is 46.8 Å². The zero-order valence-corrected chi connectivity index (χ0v) is 15.4. The first-order valence-electron chi connectivity index (χ1n) is 8.52. The van der Waals surface area contributed by atoms with E-state index < -0.39 is 16.3 Å². The predicted octanol–water partition coefficient (Wildman–Crippen LogP) is 2.91. The van der Waals surface area contributed by atoms with Gasteiger partial charge in [-0.25, -0.2) is 0 Å². The maximum atomic E-state index is 11.7. The third kappa shape index (κ3) is 4.19. The number of aromatic nitrogens is 1. The normalized spacial score (nSPS) is 15.5. The summed E-state index contributed by atoms with van der Waals surface area (Å²) < 4.78 is 5.39. The third-order valence-corrected chi connectivity index (χ3v) is 4.58. The highest BCUT2D eigenvalue weighted by Gasteiger charge is 2.37. The molecule has 2 heterocycles. The second kappa shape index (κ2) is 7.82. The summed E-state index contributed by atoms with van der Waals surface area (Å²) >= 11 is 0. The number of carboxylic acids is 1. The number of rotatable bonds is 7. The molecule has 1 N–H and O–H groups in total. The number of pyridine rings is 1. The number of ether oxygens (including phenoxy) is 1. The minimum absolute atomic E-state index is 0.0827. The summed E-state index contributed by atoms with van der Waals surface area (Å²) in [5.41, 5.74) is 0.0968. The third-order valence-electron chi connectivity index (χ3n) is 4.58. The Kier molecular flexibility index (Phi) is 5.97. The standard InChI is InChI=1S/C18H25N3O5/c1-12(2)11-20(13-7-9-26-10-8-13)14-5-6-15(18(3,4)17(22)23)19-16(14)21(24)25/h5-6,13H,1,7-11H2,2-4H3,(H,22,23). The zero-order chi connectivity index (χ0) is 19.5. The molecule has 1 aliphatic heterocycles. The Morgan fingerprint density at radius 3 is 2.58 bits per heavy atom. The number of aliphatic carboxylic acids is 1. The Morgan fingerprint density at radius 1 is 1.46 bits per heavy atom. The van der Waals surface area contributed by atoms with Crippen LogP contribution >= 0.6 is 0 Å². The van der Waals surface area contributed by atoms with Crippen LogP contribution in [0.1, 0.15) is 39.3 Å². The van der Waals surface area contributed by atoms with Gasteiger partial charge >= 0.3 is 11.8 Å². The molecule has 142 valence electrons. The summed E-state index contributed by atoms with van der Waals surface area (Å²) in [5.74, 6) is -1.42. The maximum Gasteiger partial charge on any atom is 0.387 e. The predicted molar refractivity (Wildman–Crippen MR) is 97.6 cm³/mol. The van der Waals surface area contributed by atoms with E-state index in [1.165, 1.54) is 13.8 Å².